The monoisotopic (exact) mass is 439 g/mol. The van der Waals surface area contributed by atoms with Gasteiger partial charge in [0.25, 0.3) is 0 Å². The van der Waals surface area contributed by atoms with Crippen molar-refractivity contribution >= 4 is 16.8 Å². The first-order valence-corrected chi connectivity index (χ1v) is 9.30. The fraction of sp³-hybridized carbons (Fsp3) is 0.278. The van der Waals surface area contributed by atoms with Gasteiger partial charge in [0, 0.05) is 0 Å². The Labute approximate surface area is 164 Å². The van der Waals surface area contributed by atoms with E-state index in [1.54, 1.807) is 0 Å². The Kier molecular flexibility index (Phi) is 7.42. The summed E-state index contributed by atoms with van der Waals surface area (Å²) in [5.74, 6) is -6.58. The molecule has 0 fully saturated rings. The van der Waals surface area contributed by atoms with E-state index in [1.165, 1.54) is 36.4 Å². The van der Waals surface area contributed by atoms with Crippen LogP contribution in [0.2, 0.25) is 0 Å². The van der Waals surface area contributed by atoms with Crippen molar-refractivity contribution in [2.75, 3.05) is 5.94 Å². The summed E-state index contributed by atoms with van der Waals surface area (Å²) in [5.41, 5.74) is -2.33. The summed E-state index contributed by atoms with van der Waals surface area (Å²) in [6.45, 7) is 0. The Morgan fingerprint density at radius 2 is 1.24 bits per heavy atom. The fourth-order valence-corrected chi connectivity index (χ4v) is 2.91. The molecule has 0 radical (unpaired) electrons. The highest BCUT2D eigenvalue weighted by Crippen LogP contribution is 2.45. The lowest BCUT2D eigenvalue weighted by molar-refractivity contribution is -0.148. The lowest BCUT2D eigenvalue weighted by Crippen LogP contribution is -2.38. The van der Waals surface area contributed by atoms with Gasteiger partial charge in [-0.2, -0.15) is 26.3 Å². The summed E-state index contributed by atoms with van der Waals surface area (Å²) in [6.07, 6.45) is -10.3. The molecule has 0 saturated carbocycles. The molecule has 0 bridgehead atoms. The van der Waals surface area contributed by atoms with Gasteiger partial charge in [-0.3, -0.25) is 0 Å². The Morgan fingerprint density at radius 3 is 1.55 bits per heavy atom. The molecule has 3 unspecified atom stereocenters. The molecular formula is C18H15F6NO3S. The third-order valence-electron chi connectivity index (χ3n) is 3.84. The van der Waals surface area contributed by atoms with Gasteiger partial charge in [0.1, 0.15) is 11.8 Å². The SMILES string of the molecule is O=S(O)CON=C(C(c1ccccc1)C(F)(F)F)C(c1ccccc1)C(F)(F)F. The van der Waals surface area contributed by atoms with Crippen molar-refractivity contribution in [2.45, 2.75) is 24.2 Å². The Bertz CT molecular complexity index is 781. The van der Waals surface area contributed by atoms with Crippen LogP contribution in [0.5, 0.6) is 0 Å². The van der Waals surface area contributed by atoms with E-state index in [0.717, 1.165) is 24.3 Å². The molecule has 0 aliphatic carbocycles. The molecule has 0 saturated heterocycles. The van der Waals surface area contributed by atoms with E-state index in [0.29, 0.717) is 0 Å². The zero-order valence-corrected chi connectivity index (χ0v) is 15.3. The lowest BCUT2D eigenvalue weighted by atomic mass is 9.82. The van der Waals surface area contributed by atoms with Crippen LogP contribution in [-0.2, 0) is 15.9 Å². The Balaban J connectivity index is 2.70. The van der Waals surface area contributed by atoms with Gasteiger partial charge in [-0.1, -0.05) is 65.8 Å². The summed E-state index contributed by atoms with van der Waals surface area (Å²) in [4.78, 5) is 4.39. The maximum absolute atomic E-state index is 13.9. The first kappa shape index (κ1) is 22.9. The number of hydrogen-bond acceptors (Lipinski definition) is 3. The molecule has 0 aliphatic heterocycles. The smallest absolute Gasteiger partial charge is 0.380 e. The first-order valence-electron chi connectivity index (χ1n) is 8.02. The van der Waals surface area contributed by atoms with Crippen molar-refractivity contribution in [1.82, 2.24) is 0 Å². The van der Waals surface area contributed by atoms with Crippen LogP contribution in [-0.4, -0.2) is 32.8 Å². The summed E-state index contributed by atoms with van der Waals surface area (Å²) in [6, 6.07) is 11.9. The number of nitrogens with zero attached hydrogens (tertiary/aromatic N) is 1. The molecule has 158 valence electrons. The molecule has 0 heterocycles. The van der Waals surface area contributed by atoms with Crippen LogP contribution in [0.15, 0.2) is 65.8 Å². The summed E-state index contributed by atoms with van der Waals surface area (Å²) >= 11 is -2.63. The van der Waals surface area contributed by atoms with Crippen molar-refractivity contribution in [3.63, 3.8) is 0 Å². The van der Waals surface area contributed by atoms with E-state index in [9.17, 15) is 30.6 Å². The van der Waals surface area contributed by atoms with Gasteiger partial charge >= 0.3 is 12.4 Å². The lowest BCUT2D eigenvalue weighted by Gasteiger charge is -2.29. The van der Waals surface area contributed by atoms with E-state index in [1.807, 2.05) is 0 Å². The minimum absolute atomic E-state index is 0.474. The predicted octanol–water partition coefficient (Wildman–Crippen LogP) is 5.23. The molecule has 0 aromatic heterocycles. The molecule has 2 rings (SSSR count). The second-order valence-electron chi connectivity index (χ2n) is 5.86. The van der Waals surface area contributed by atoms with Gasteiger partial charge < -0.3 is 9.39 Å². The van der Waals surface area contributed by atoms with Crippen LogP contribution >= 0.6 is 0 Å². The zero-order valence-electron chi connectivity index (χ0n) is 14.5. The molecule has 3 atom stereocenters. The Hall–Kier alpha value is -2.40. The zero-order chi connectivity index (χ0) is 21.7. The molecule has 4 nitrogen and oxygen atoms in total. The van der Waals surface area contributed by atoms with Crippen molar-refractivity contribution in [1.29, 1.82) is 0 Å². The Morgan fingerprint density at radius 1 is 0.862 bits per heavy atom. The quantitative estimate of drug-likeness (QED) is 0.278. The molecule has 2 aromatic carbocycles. The van der Waals surface area contributed by atoms with E-state index < -0.39 is 58.0 Å². The molecule has 11 heteroatoms. The third kappa shape index (κ3) is 6.29. The topological polar surface area (TPSA) is 58.9 Å². The number of alkyl halides is 6. The average Bonchev–Trinajstić information content (AvgIpc) is 2.61. The first-order chi connectivity index (χ1) is 13.5. The molecular weight excluding hydrogens is 424 g/mol. The molecule has 0 amide bonds. The van der Waals surface area contributed by atoms with Gasteiger partial charge in [-0.15, -0.1) is 0 Å². The number of halogens is 6. The molecule has 2 aromatic rings. The summed E-state index contributed by atoms with van der Waals surface area (Å²) in [7, 11) is 0. The van der Waals surface area contributed by atoms with E-state index in [-0.39, 0.29) is 0 Å². The normalized spacial score (nSPS) is 15.3. The van der Waals surface area contributed by atoms with Crippen LogP contribution in [0.4, 0.5) is 26.3 Å². The molecule has 1 N–H and O–H groups in total. The van der Waals surface area contributed by atoms with Crippen molar-refractivity contribution in [2.24, 2.45) is 5.16 Å². The fourth-order valence-electron chi connectivity index (χ4n) is 2.76. The maximum atomic E-state index is 13.9. The van der Waals surface area contributed by atoms with Crippen molar-refractivity contribution in [3.8, 4) is 0 Å². The number of oxime groups is 1. The van der Waals surface area contributed by atoms with Crippen LogP contribution < -0.4 is 0 Å². The van der Waals surface area contributed by atoms with Gasteiger partial charge in [0.2, 0.25) is 5.94 Å². The highest BCUT2D eigenvalue weighted by Gasteiger charge is 2.54. The van der Waals surface area contributed by atoms with Crippen molar-refractivity contribution < 1.29 is 39.9 Å². The van der Waals surface area contributed by atoms with Gasteiger partial charge in [0.05, 0.1) is 5.71 Å². The second kappa shape index (κ2) is 9.40. The van der Waals surface area contributed by atoms with Crippen LogP contribution in [0.1, 0.15) is 23.0 Å². The van der Waals surface area contributed by atoms with E-state index in [4.69, 9.17) is 4.55 Å². The third-order valence-corrected chi connectivity index (χ3v) is 4.14. The molecule has 0 aliphatic rings. The van der Waals surface area contributed by atoms with Gasteiger partial charge in [-0.05, 0) is 11.1 Å². The highest BCUT2D eigenvalue weighted by atomic mass is 32.2. The number of rotatable bonds is 7. The largest absolute Gasteiger partial charge is 0.401 e. The number of benzene rings is 2. The van der Waals surface area contributed by atoms with Crippen molar-refractivity contribution in [3.05, 3.63) is 71.8 Å². The average molecular weight is 439 g/mol. The standard InChI is InChI=1S/C18H15F6NO3S/c19-17(20,21)14(12-7-3-1-4-8-12)16(25-28-11-29(26)27)15(18(22,23)24)13-9-5-2-6-10-13/h1-10,14-15H,11H2,(H,26,27). The summed E-state index contributed by atoms with van der Waals surface area (Å²) in [5, 5.41) is 3.07. The minimum atomic E-state index is -5.14. The van der Waals surface area contributed by atoms with Crippen LogP contribution in [0.3, 0.4) is 0 Å². The summed E-state index contributed by atoms with van der Waals surface area (Å²) < 4.78 is 103. The van der Waals surface area contributed by atoms with Crippen LogP contribution in [0, 0.1) is 0 Å². The van der Waals surface area contributed by atoms with Crippen LogP contribution in [0.25, 0.3) is 0 Å². The maximum Gasteiger partial charge on any atom is 0.401 e. The van der Waals surface area contributed by atoms with E-state index in [2.05, 4.69) is 9.99 Å². The van der Waals surface area contributed by atoms with Gasteiger partial charge in [0.15, 0.2) is 11.1 Å². The molecule has 29 heavy (non-hydrogen) atoms. The number of hydrogen-bond donors (Lipinski definition) is 1. The minimum Gasteiger partial charge on any atom is -0.380 e. The molecule has 0 spiro atoms. The van der Waals surface area contributed by atoms with E-state index >= 15 is 0 Å². The predicted molar refractivity (Wildman–Crippen MR) is 94.6 cm³/mol. The highest BCUT2D eigenvalue weighted by molar-refractivity contribution is 7.79. The van der Waals surface area contributed by atoms with Gasteiger partial charge in [-0.25, -0.2) is 4.21 Å². The second-order valence-corrected chi connectivity index (χ2v) is 6.73.